The van der Waals surface area contributed by atoms with Crippen LogP contribution in [0.25, 0.3) is 10.8 Å². The van der Waals surface area contributed by atoms with Crippen LogP contribution in [-0.2, 0) is 0 Å². The van der Waals surface area contributed by atoms with E-state index >= 15 is 0 Å². The van der Waals surface area contributed by atoms with Crippen molar-refractivity contribution < 1.29 is 0 Å². The quantitative estimate of drug-likeness (QED) is 0.862. The second-order valence-electron chi connectivity index (χ2n) is 5.18. The van der Waals surface area contributed by atoms with Gasteiger partial charge in [-0.05, 0) is 42.3 Å². The Hall–Kier alpha value is -1.38. The molecular formula is C16H20N2. The maximum absolute atomic E-state index is 3.70. The number of fused-ring (bicyclic) bond motifs is 1. The molecule has 0 amide bonds. The highest BCUT2D eigenvalue weighted by molar-refractivity contribution is 5.83. The van der Waals surface area contributed by atoms with Gasteiger partial charge in [0.2, 0.25) is 0 Å². The van der Waals surface area contributed by atoms with Crippen molar-refractivity contribution in [2.75, 3.05) is 13.1 Å². The lowest BCUT2D eigenvalue weighted by molar-refractivity contribution is 0.478. The van der Waals surface area contributed by atoms with Gasteiger partial charge in [0.15, 0.2) is 0 Å². The summed E-state index contributed by atoms with van der Waals surface area (Å²) in [6, 6.07) is 16.3. The van der Waals surface area contributed by atoms with Gasteiger partial charge in [-0.2, -0.15) is 0 Å². The Balaban J connectivity index is 1.80. The Kier molecular flexibility index (Phi) is 3.31. The van der Waals surface area contributed by atoms with E-state index in [9.17, 15) is 0 Å². The largest absolute Gasteiger partial charge is 0.315 e. The third-order valence-electron chi connectivity index (χ3n) is 3.82. The molecule has 18 heavy (non-hydrogen) atoms. The molecule has 2 heteroatoms. The summed E-state index contributed by atoms with van der Waals surface area (Å²) in [6.45, 7) is 4.49. The topological polar surface area (TPSA) is 24.1 Å². The summed E-state index contributed by atoms with van der Waals surface area (Å²) in [4.78, 5) is 0. The molecule has 2 nitrogen and oxygen atoms in total. The molecular weight excluding hydrogens is 220 g/mol. The summed E-state index contributed by atoms with van der Waals surface area (Å²) in [5.74, 6) is 0. The number of rotatable bonds is 3. The number of nitrogens with one attached hydrogen (secondary N) is 2. The number of benzene rings is 2. The lowest BCUT2D eigenvalue weighted by Gasteiger charge is -2.19. The summed E-state index contributed by atoms with van der Waals surface area (Å²) in [6.07, 6.45) is 1.23. The van der Waals surface area contributed by atoms with Crippen molar-refractivity contribution in [2.24, 2.45) is 0 Å². The van der Waals surface area contributed by atoms with Crippen molar-refractivity contribution in [1.82, 2.24) is 10.6 Å². The molecule has 1 aliphatic heterocycles. The van der Waals surface area contributed by atoms with Crippen molar-refractivity contribution in [3.63, 3.8) is 0 Å². The fourth-order valence-electron chi connectivity index (χ4n) is 2.72. The summed E-state index contributed by atoms with van der Waals surface area (Å²) in [5.41, 5.74) is 1.38. The van der Waals surface area contributed by atoms with Crippen molar-refractivity contribution in [2.45, 2.75) is 25.4 Å². The summed E-state index contributed by atoms with van der Waals surface area (Å²) in [5, 5.41) is 9.74. The molecule has 0 bridgehead atoms. The molecule has 2 atom stereocenters. The minimum absolute atomic E-state index is 0.416. The molecule has 94 valence electrons. The Labute approximate surface area is 108 Å². The van der Waals surface area contributed by atoms with Gasteiger partial charge in [-0.25, -0.2) is 0 Å². The van der Waals surface area contributed by atoms with Crippen LogP contribution in [0.2, 0.25) is 0 Å². The van der Waals surface area contributed by atoms with E-state index in [4.69, 9.17) is 0 Å². The molecule has 0 aromatic heterocycles. The van der Waals surface area contributed by atoms with Gasteiger partial charge in [-0.15, -0.1) is 0 Å². The maximum Gasteiger partial charge on any atom is 0.0295 e. The van der Waals surface area contributed by atoms with Crippen molar-refractivity contribution in [3.05, 3.63) is 48.0 Å². The summed E-state index contributed by atoms with van der Waals surface area (Å²) >= 11 is 0. The molecule has 0 spiro atoms. The normalized spacial score (nSPS) is 21.3. The van der Waals surface area contributed by atoms with Crippen LogP contribution in [0.4, 0.5) is 0 Å². The predicted octanol–water partition coefficient (Wildman–Crippen LogP) is 2.85. The standard InChI is InChI=1S/C16H20N2/c1-12(18-16-8-9-17-11-16)14-7-6-13-4-2-3-5-15(13)10-14/h2-7,10,12,16-18H,8-9,11H2,1H3. The van der Waals surface area contributed by atoms with E-state index in [-0.39, 0.29) is 0 Å². The maximum atomic E-state index is 3.70. The fourth-order valence-corrected chi connectivity index (χ4v) is 2.72. The first-order chi connectivity index (χ1) is 8.83. The predicted molar refractivity (Wildman–Crippen MR) is 76.8 cm³/mol. The van der Waals surface area contributed by atoms with Gasteiger partial charge in [0.05, 0.1) is 0 Å². The van der Waals surface area contributed by atoms with Crippen molar-refractivity contribution >= 4 is 10.8 Å². The Morgan fingerprint density at radius 1 is 1.17 bits per heavy atom. The third-order valence-corrected chi connectivity index (χ3v) is 3.82. The highest BCUT2D eigenvalue weighted by Crippen LogP contribution is 2.21. The van der Waals surface area contributed by atoms with Gasteiger partial charge in [-0.1, -0.05) is 36.4 Å². The lowest BCUT2D eigenvalue weighted by atomic mass is 10.0. The van der Waals surface area contributed by atoms with E-state index in [1.54, 1.807) is 0 Å². The van der Waals surface area contributed by atoms with Crippen molar-refractivity contribution in [3.8, 4) is 0 Å². The molecule has 0 radical (unpaired) electrons. The summed E-state index contributed by atoms with van der Waals surface area (Å²) < 4.78 is 0. The molecule has 3 rings (SSSR count). The van der Waals surface area contributed by atoms with Crippen LogP contribution < -0.4 is 10.6 Å². The molecule has 0 saturated carbocycles. The first-order valence-electron chi connectivity index (χ1n) is 6.78. The van der Waals surface area contributed by atoms with Gasteiger partial charge >= 0.3 is 0 Å². The van der Waals surface area contributed by atoms with Crippen molar-refractivity contribution in [1.29, 1.82) is 0 Å². The minimum atomic E-state index is 0.416. The number of hydrogen-bond donors (Lipinski definition) is 2. The highest BCUT2D eigenvalue weighted by atomic mass is 15.0. The molecule has 1 fully saturated rings. The zero-order chi connectivity index (χ0) is 12.4. The first-order valence-corrected chi connectivity index (χ1v) is 6.78. The molecule has 1 aliphatic rings. The molecule has 0 aliphatic carbocycles. The molecule has 2 unspecified atom stereocenters. The van der Waals surface area contributed by atoms with Crippen LogP contribution in [0.1, 0.15) is 24.9 Å². The first kappa shape index (κ1) is 11.7. The van der Waals surface area contributed by atoms with Gasteiger partial charge in [0, 0.05) is 18.6 Å². The smallest absolute Gasteiger partial charge is 0.0295 e. The zero-order valence-corrected chi connectivity index (χ0v) is 10.8. The molecule has 2 N–H and O–H groups in total. The SMILES string of the molecule is CC(NC1CCNC1)c1ccc2ccccc2c1. The van der Waals surface area contributed by atoms with E-state index < -0.39 is 0 Å². The lowest BCUT2D eigenvalue weighted by Crippen LogP contribution is -2.33. The van der Waals surface area contributed by atoms with Crippen LogP contribution in [0, 0.1) is 0 Å². The summed E-state index contributed by atoms with van der Waals surface area (Å²) in [7, 11) is 0. The zero-order valence-electron chi connectivity index (χ0n) is 10.8. The molecule has 2 aromatic carbocycles. The van der Waals surface area contributed by atoms with Crippen LogP contribution in [-0.4, -0.2) is 19.1 Å². The molecule has 1 heterocycles. The van der Waals surface area contributed by atoms with E-state index in [1.165, 1.54) is 22.8 Å². The van der Waals surface area contributed by atoms with Crippen LogP contribution >= 0.6 is 0 Å². The van der Waals surface area contributed by atoms with Crippen LogP contribution in [0.3, 0.4) is 0 Å². The van der Waals surface area contributed by atoms with Gasteiger partial charge in [0.1, 0.15) is 0 Å². The third kappa shape index (κ3) is 2.40. The van der Waals surface area contributed by atoms with E-state index in [0.29, 0.717) is 12.1 Å². The Morgan fingerprint density at radius 2 is 2.00 bits per heavy atom. The van der Waals surface area contributed by atoms with E-state index in [2.05, 4.69) is 60.0 Å². The van der Waals surface area contributed by atoms with E-state index in [0.717, 1.165) is 13.1 Å². The second kappa shape index (κ2) is 5.09. The minimum Gasteiger partial charge on any atom is -0.315 e. The van der Waals surface area contributed by atoms with Crippen LogP contribution in [0.15, 0.2) is 42.5 Å². The van der Waals surface area contributed by atoms with Gasteiger partial charge in [0.25, 0.3) is 0 Å². The Bertz CT molecular complexity index is 529. The van der Waals surface area contributed by atoms with E-state index in [1.807, 2.05) is 0 Å². The second-order valence-corrected chi connectivity index (χ2v) is 5.18. The fraction of sp³-hybridized carbons (Fsp3) is 0.375. The van der Waals surface area contributed by atoms with Crippen LogP contribution in [0.5, 0.6) is 0 Å². The molecule has 2 aromatic rings. The highest BCUT2D eigenvalue weighted by Gasteiger charge is 2.17. The van der Waals surface area contributed by atoms with Gasteiger partial charge in [-0.3, -0.25) is 0 Å². The Morgan fingerprint density at radius 3 is 2.78 bits per heavy atom. The van der Waals surface area contributed by atoms with Gasteiger partial charge < -0.3 is 10.6 Å². The monoisotopic (exact) mass is 240 g/mol. The average molecular weight is 240 g/mol. The molecule has 1 saturated heterocycles. The number of hydrogen-bond acceptors (Lipinski definition) is 2. The average Bonchev–Trinajstić information content (AvgIpc) is 2.91.